The summed E-state index contributed by atoms with van der Waals surface area (Å²) in [6.45, 7) is 2.67. The highest BCUT2D eigenvalue weighted by Crippen LogP contribution is 2.13. The van der Waals surface area contributed by atoms with Crippen LogP contribution in [0, 0.1) is 0 Å². The second-order valence-electron chi connectivity index (χ2n) is 5.40. The lowest BCUT2D eigenvalue weighted by Crippen LogP contribution is -2.14. The molecule has 0 spiro atoms. The van der Waals surface area contributed by atoms with Gasteiger partial charge in [-0.1, -0.05) is 18.2 Å². The van der Waals surface area contributed by atoms with Crippen LogP contribution in [0.4, 0.5) is 11.5 Å². The summed E-state index contributed by atoms with van der Waals surface area (Å²) < 4.78 is 3.16. The third-order valence-electron chi connectivity index (χ3n) is 3.61. The molecule has 2 N–H and O–H groups in total. The highest BCUT2D eigenvalue weighted by atomic mass is 16.2. The van der Waals surface area contributed by atoms with Crippen molar-refractivity contribution in [3.05, 3.63) is 60.0 Å². The Kier molecular flexibility index (Phi) is 4.60. The van der Waals surface area contributed by atoms with E-state index < -0.39 is 0 Å². The van der Waals surface area contributed by atoms with Crippen LogP contribution >= 0.6 is 0 Å². The summed E-state index contributed by atoms with van der Waals surface area (Å²) in [6, 6.07) is 10.4. The van der Waals surface area contributed by atoms with Gasteiger partial charge in [0.25, 0.3) is 11.8 Å². The van der Waals surface area contributed by atoms with Crippen molar-refractivity contribution in [3.8, 4) is 0 Å². The van der Waals surface area contributed by atoms with Gasteiger partial charge in [0, 0.05) is 31.4 Å². The van der Waals surface area contributed by atoms with E-state index in [4.69, 9.17) is 0 Å². The summed E-state index contributed by atoms with van der Waals surface area (Å²) in [5, 5.41) is 13.7. The topological polar surface area (TPSA) is 93.8 Å². The Balaban J connectivity index is 1.71. The van der Waals surface area contributed by atoms with Crippen molar-refractivity contribution in [2.45, 2.75) is 13.5 Å². The van der Waals surface area contributed by atoms with Gasteiger partial charge in [0.15, 0.2) is 5.69 Å². The van der Waals surface area contributed by atoms with Crippen LogP contribution in [0.2, 0.25) is 0 Å². The SMILES string of the molecule is CCn1cc(NC(=O)c2cc(NC(=O)c3ccccc3)n(C)n2)cn1. The number of anilines is 2. The first-order valence-electron chi connectivity index (χ1n) is 7.81. The van der Waals surface area contributed by atoms with Crippen molar-refractivity contribution in [2.24, 2.45) is 7.05 Å². The first-order chi connectivity index (χ1) is 12.1. The Bertz CT molecular complexity index is 897. The smallest absolute Gasteiger partial charge is 0.276 e. The normalized spacial score (nSPS) is 10.5. The first-order valence-corrected chi connectivity index (χ1v) is 7.81. The van der Waals surface area contributed by atoms with Crippen LogP contribution in [0.15, 0.2) is 48.8 Å². The standard InChI is InChI=1S/C17H18N6O2/c1-3-23-11-13(10-18-23)19-17(25)14-9-15(22(2)21-14)20-16(24)12-7-5-4-6-8-12/h4-11H,3H2,1-2H3,(H,19,25)(H,20,24). The maximum Gasteiger partial charge on any atom is 0.276 e. The lowest BCUT2D eigenvalue weighted by Gasteiger charge is -2.04. The highest BCUT2D eigenvalue weighted by molar-refractivity contribution is 6.06. The summed E-state index contributed by atoms with van der Waals surface area (Å²) in [5.74, 6) is -0.200. The molecule has 1 aromatic carbocycles. The van der Waals surface area contributed by atoms with E-state index in [1.807, 2.05) is 13.0 Å². The van der Waals surface area contributed by atoms with Crippen molar-refractivity contribution in [1.82, 2.24) is 19.6 Å². The third kappa shape index (κ3) is 3.74. The molecule has 8 nitrogen and oxygen atoms in total. The fraction of sp³-hybridized carbons (Fsp3) is 0.176. The molecule has 8 heteroatoms. The quantitative estimate of drug-likeness (QED) is 0.745. The molecule has 0 saturated heterocycles. The van der Waals surface area contributed by atoms with Gasteiger partial charge >= 0.3 is 0 Å². The first kappa shape index (κ1) is 16.4. The lowest BCUT2D eigenvalue weighted by atomic mass is 10.2. The van der Waals surface area contributed by atoms with Crippen LogP contribution in [-0.4, -0.2) is 31.4 Å². The fourth-order valence-corrected chi connectivity index (χ4v) is 2.27. The molecule has 0 radical (unpaired) electrons. The van der Waals surface area contributed by atoms with Gasteiger partial charge in [-0.25, -0.2) is 0 Å². The Hall–Kier alpha value is -3.42. The number of nitrogens with zero attached hydrogens (tertiary/aromatic N) is 4. The van der Waals surface area contributed by atoms with Crippen LogP contribution < -0.4 is 10.6 Å². The number of carbonyl (C=O) groups excluding carboxylic acids is 2. The molecule has 0 fully saturated rings. The van der Waals surface area contributed by atoms with Crippen molar-refractivity contribution >= 4 is 23.3 Å². The van der Waals surface area contributed by atoms with Gasteiger partial charge < -0.3 is 10.6 Å². The molecular weight excluding hydrogens is 320 g/mol. The minimum Gasteiger partial charge on any atom is -0.318 e. The summed E-state index contributed by atoms with van der Waals surface area (Å²) in [7, 11) is 1.66. The second-order valence-corrected chi connectivity index (χ2v) is 5.40. The number of carbonyl (C=O) groups is 2. The number of aromatic nitrogens is 4. The minimum atomic E-state index is -0.369. The summed E-state index contributed by atoms with van der Waals surface area (Å²) in [4.78, 5) is 24.5. The van der Waals surface area contributed by atoms with Crippen molar-refractivity contribution in [3.63, 3.8) is 0 Å². The van der Waals surface area contributed by atoms with Crippen molar-refractivity contribution < 1.29 is 9.59 Å². The zero-order chi connectivity index (χ0) is 17.8. The largest absolute Gasteiger partial charge is 0.318 e. The molecule has 0 saturated carbocycles. The highest BCUT2D eigenvalue weighted by Gasteiger charge is 2.15. The monoisotopic (exact) mass is 338 g/mol. The Morgan fingerprint density at radius 3 is 2.56 bits per heavy atom. The Labute approximate surface area is 144 Å². The lowest BCUT2D eigenvalue weighted by molar-refractivity contribution is 0.101. The van der Waals surface area contributed by atoms with Crippen molar-refractivity contribution in [1.29, 1.82) is 0 Å². The minimum absolute atomic E-state index is 0.204. The van der Waals surface area contributed by atoms with E-state index in [9.17, 15) is 9.59 Å². The molecule has 2 amide bonds. The van der Waals surface area contributed by atoms with Crippen LogP contribution in [0.5, 0.6) is 0 Å². The molecule has 0 bridgehead atoms. The summed E-state index contributed by atoms with van der Waals surface area (Å²) in [5.41, 5.74) is 1.32. The van der Waals surface area contributed by atoms with Gasteiger partial charge in [0.1, 0.15) is 5.82 Å². The van der Waals surface area contributed by atoms with E-state index in [1.165, 1.54) is 10.7 Å². The Morgan fingerprint density at radius 1 is 1.12 bits per heavy atom. The molecule has 3 aromatic rings. The third-order valence-corrected chi connectivity index (χ3v) is 3.61. The summed E-state index contributed by atoms with van der Waals surface area (Å²) in [6.07, 6.45) is 3.31. The average molecular weight is 338 g/mol. The van der Waals surface area contributed by atoms with Crippen LogP contribution in [-0.2, 0) is 13.6 Å². The number of hydrogen-bond donors (Lipinski definition) is 2. The predicted octanol–water partition coefficient (Wildman–Crippen LogP) is 2.14. The zero-order valence-electron chi connectivity index (χ0n) is 13.9. The molecule has 0 aliphatic heterocycles. The molecular formula is C17H18N6O2. The fourth-order valence-electron chi connectivity index (χ4n) is 2.27. The van der Waals surface area contributed by atoms with E-state index in [0.717, 1.165) is 6.54 Å². The van der Waals surface area contributed by atoms with Gasteiger partial charge in [-0.2, -0.15) is 10.2 Å². The second kappa shape index (κ2) is 7.00. The van der Waals surface area contributed by atoms with Crippen LogP contribution in [0.3, 0.4) is 0 Å². The summed E-state index contributed by atoms with van der Waals surface area (Å²) >= 11 is 0. The molecule has 0 unspecified atom stereocenters. The van der Waals surface area contributed by atoms with Gasteiger partial charge in [0.05, 0.1) is 11.9 Å². The number of aryl methyl sites for hydroxylation is 2. The molecule has 2 aromatic heterocycles. The van der Waals surface area contributed by atoms with E-state index >= 15 is 0 Å². The molecule has 0 atom stereocenters. The number of hydrogen-bond acceptors (Lipinski definition) is 4. The van der Waals surface area contributed by atoms with Gasteiger partial charge in [0.2, 0.25) is 0 Å². The average Bonchev–Trinajstić information content (AvgIpc) is 3.22. The maximum atomic E-state index is 12.3. The molecule has 2 heterocycles. The number of rotatable bonds is 5. The molecule has 3 rings (SSSR count). The van der Waals surface area contributed by atoms with Crippen molar-refractivity contribution in [2.75, 3.05) is 10.6 Å². The van der Waals surface area contributed by atoms with Crippen LogP contribution in [0.1, 0.15) is 27.8 Å². The molecule has 0 aliphatic rings. The van der Waals surface area contributed by atoms with Gasteiger partial charge in [-0.05, 0) is 19.1 Å². The molecule has 0 aliphatic carbocycles. The van der Waals surface area contributed by atoms with E-state index in [0.29, 0.717) is 17.1 Å². The van der Waals surface area contributed by atoms with Gasteiger partial charge in [-0.15, -0.1) is 0 Å². The number of benzene rings is 1. The van der Waals surface area contributed by atoms with Gasteiger partial charge in [-0.3, -0.25) is 19.0 Å². The Morgan fingerprint density at radius 2 is 1.88 bits per heavy atom. The number of nitrogens with one attached hydrogen (secondary N) is 2. The van der Waals surface area contributed by atoms with E-state index in [2.05, 4.69) is 20.8 Å². The molecule has 128 valence electrons. The molecule has 25 heavy (non-hydrogen) atoms. The number of amides is 2. The van der Waals surface area contributed by atoms with Crippen LogP contribution in [0.25, 0.3) is 0 Å². The maximum absolute atomic E-state index is 12.3. The van der Waals surface area contributed by atoms with E-state index in [-0.39, 0.29) is 17.5 Å². The predicted molar refractivity (Wildman–Crippen MR) is 93.5 cm³/mol. The zero-order valence-corrected chi connectivity index (χ0v) is 13.9. The van der Waals surface area contributed by atoms with E-state index in [1.54, 1.807) is 48.4 Å².